The van der Waals surface area contributed by atoms with Crippen molar-refractivity contribution in [2.45, 2.75) is 39.5 Å². The van der Waals surface area contributed by atoms with Crippen molar-refractivity contribution in [1.29, 1.82) is 0 Å². The Bertz CT molecular complexity index is 2120. The largest absolute Gasteiger partial charge is 0.507 e. The summed E-state index contributed by atoms with van der Waals surface area (Å²) >= 11 is 0. The molecule has 0 fully saturated rings. The van der Waals surface area contributed by atoms with Gasteiger partial charge < -0.3 is 5.11 Å². The Labute approximate surface area is 278 Å². The van der Waals surface area contributed by atoms with Gasteiger partial charge in [0.25, 0.3) is 0 Å². The smallest absolute Gasteiger partial charge is 0.149 e. The number of phenolic OH excluding ortho intramolecular Hbond substituents is 1. The standard InChI is InChI=1S/C40H34N3O.Pt/c1-25(2)29-21-30(26(3)4)23-31(22-29)43-36-19-12-18-34(39(36)42-40(43)33-17-10-11-20-37(33)44)38-32-16-9-8-15-28(32)24-35(41-38)27-13-6-5-7-14-27;/h5-13,15-26,44H,1-4H3;/q-1;. The number of pyridine rings is 1. The van der Waals surface area contributed by atoms with Crippen molar-refractivity contribution in [2.75, 3.05) is 0 Å². The van der Waals surface area contributed by atoms with Crippen molar-refractivity contribution >= 4 is 21.8 Å². The zero-order valence-corrected chi connectivity index (χ0v) is 28.0. The minimum Gasteiger partial charge on any atom is -0.507 e. The molecule has 0 saturated heterocycles. The van der Waals surface area contributed by atoms with E-state index in [1.165, 1.54) is 11.1 Å². The molecule has 0 radical (unpaired) electrons. The van der Waals surface area contributed by atoms with Crippen LogP contribution in [0.1, 0.15) is 50.7 Å². The summed E-state index contributed by atoms with van der Waals surface area (Å²) in [7, 11) is 0. The molecule has 0 unspecified atom stereocenters. The van der Waals surface area contributed by atoms with Crippen LogP contribution in [0, 0.1) is 6.07 Å². The van der Waals surface area contributed by atoms with E-state index in [2.05, 4.69) is 105 Å². The minimum absolute atomic E-state index is 0. The van der Waals surface area contributed by atoms with Crippen LogP contribution < -0.4 is 0 Å². The molecule has 2 aromatic heterocycles. The molecule has 226 valence electrons. The molecule has 0 atom stereocenters. The van der Waals surface area contributed by atoms with E-state index in [0.717, 1.165) is 50.0 Å². The van der Waals surface area contributed by atoms with Crippen LogP contribution in [-0.2, 0) is 21.1 Å². The second-order valence-corrected chi connectivity index (χ2v) is 12.0. The number of nitrogens with zero attached hydrogens (tertiary/aromatic N) is 3. The number of rotatable bonds is 6. The van der Waals surface area contributed by atoms with Crippen molar-refractivity contribution in [1.82, 2.24) is 14.5 Å². The fraction of sp³-hybridized carbons (Fsp3) is 0.150. The first-order valence-corrected chi connectivity index (χ1v) is 15.2. The average molecular weight is 768 g/mol. The molecule has 0 aliphatic carbocycles. The molecule has 45 heavy (non-hydrogen) atoms. The van der Waals surface area contributed by atoms with Gasteiger partial charge in [-0.15, -0.1) is 35.9 Å². The molecule has 5 heteroatoms. The third-order valence-corrected chi connectivity index (χ3v) is 8.36. The van der Waals surface area contributed by atoms with Crippen molar-refractivity contribution in [3.8, 4) is 45.3 Å². The molecule has 0 amide bonds. The molecular formula is C40H34N3OPt-. The second-order valence-electron chi connectivity index (χ2n) is 12.0. The van der Waals surface area contributed by atoms with Crippen LogP contribution in [0.5, 0.6) is 5.75 Å². The topological polar surface area (TPSA) is 50.9 Å². The van der Waals surface area contributed by atoms with Crippen molar-refractivity contribution in [2.24, 2.45) is 0 Å². The maximum atomic E-state index is 11.1. The first-order valence-electron chi connectivity index (χ1n) is 15.2. The quantitative estimate of drug-likeness (QED) is 0.172. The second kappa shape index (κ2) is 12.5. The van der Waals surface area contributed by atoms with E-state index in [4.69, 9.17) is 9.97 Å². The number of benzene rings is 5. The van der Waals surface area contributed by atoms with Crippen molar-refractivity contribution < 1.29 is 26.2 Å². The van der Waals surface area contributed by atoms with Gasteiger partial charge in [0.15, 0.2) is 0 Å². The SMILES string of the molecule is CC(C)c1cc(C(C)C)cc(-n2c(-c3ccccc3O)nc3c(-c4nc(-c5[c-]cccc5)cc5ccccc45)cccc32)c1.[Pt]. The molecule has 0 saturated carbocycles. The Morgan fingerprint density at radius 2 is 1.38 bits per heavy atom. The van der Waals surface area contributed by atoms with Gasteiger partial charge in [-0.05, 0) is 64.4 Å². The third kappa shape index (κ3) is 5.60. The van der Waals surface area contributed by atoms with Crippen LogP contribution in [-0.4, -0.2) is 19.6 Å². The summed E-state index contributed by atoms with van der Waals surface area (Å²) in [6.07, 6.45) is 0. The third-order valence-electron chi connectivity index (χ3n) is 8.36. The van der Waals surface area contributed by atoms with Gasteiger partial charge in [0.2, 0.25) is 0 Å². The van der Waals surface area contributed by atoms with Crippen LogP contribution in [0.25, 0.3) is 61.4 Å². The number of aromatic nitrogens is 3. The summed E-state index contributed by atoms with van der Waals surface area (Å²) in [6.45, 7) is 8.91. The number of imidazole rings is 1. The zero-order chi connectivity index (χ0) is 30.4. The van der Waals surface area contributed by atoms with Gasteiger partial charge in [0, 0.05) is 37.7 Å². The first-order chi connectivity index (χ1) is 21.4. The molecule has 0 aliphatic heterocycles. The van der Waals surface area contributed by atoms with Crippen LogP contribution >= 0.6 is 0 Å². The molecule has 7 rings (SSSR count). The zero-order valence-electron chi connectivity index (χ0n) is 25.7. The molecule has 7 aromatic rings. The van der Waals surface area contributed by atoms with E-state index in [0.29, 0.717) is 23.2 Å². The Hall–Kier alpha value is -4.53. The fourth-order valence-corrected chi connectivity index (χ4v) is 5.94. The van der Waals surface area contributed by atoms with Gasteiger partial charge in [0.1, 0.15) is 11.6 Å². The summed E-state index contributed by atoms with van der Waals surface area (Å²) in [6, 6.07) is 42.3. The van der Waals surface area contributed by atoms with Gasteiger partial charge >= 0.3 is 0 Å². The van der Waals surface area contributed by atoms with E-state index in [9.17, 15) is 5.11 Å². The van der Waals surface area contributed by atoms with Gasteiger partial charge in [-0.1, -0.05) is 88.4 Å². The number of phenols is 1. The summed E-state index contributed by atoms with van der Waals surface area (Å²) < 4.78 is 2.20. The van der Waals surface area contributed by atoms with Crippen LogP contribution in [0.3, 0.4) is 0 Å². The maximum Gasteiger partial charge on any atom is 0.149 e. The summed E-state index contributed by atoms with van der Waals surface area (Å²) in [5, 5.41) is 13.2. The Morgan fingerprint density at radius 3 is 2.09 bits per heavy atom. The van der Waals surface area contributed by atoms with E-state index in [1.807, 2.05) is 42.5 Å². The van der Waals surface area contributed by atoms with Crippen molar-refractivity contribution in [3.63, 3.8) is 0 Å². The fourth-order valence-electron chi connectivity index (χ4n) is 5.94. The van der Waals surface area contributed by atoms with E-state index in [-0.39, 0.29) is 26.8 Å². The van der Waals surface area contributed by atoms with E-state index >= 15 is 0 Å². The van der Waals surface area contributed by atoms with E-state index < -0.39 is 0 Å². The van der Waals surface area contributed by atoms with Crippen LogP contribution in [0.4, 0.5) is 0 Å². The monoisotopic (exact) mass is 767 g/mol. The van der Waals surface area contributed by atoms with Gasteiger partial charge in [-0.2, -0.15) is 0 Å². The molecule has 1 N–H and O–H groups in total. The van der Waals surface area contributed by atoms with Gasteiger partial charge in [0.05, 0.1) is 22.3 Å². The number of hydrogen-bond acceptors (Lipinski definition) is 3. The molecule has 0 bridgehead atoms. The number of aromatic hydroxyl groups is 1. The number of fused-ring (bicyclic) bond motifs is 2. The molecular weight excluding hydrogens is 734 g/mol. The summed E-state index contributed by atoms with van der Waals surface area (Å²) in [4.78, 5) is 10.5. The number of hydrogen-bond donors (Lipinski definition) is 1. The number of para-hydroxylation sites is 2. The van der Waals surface area contributed by atoms with Gasteiger partial charge in [-0.25, -0.2) is 4.98 Å². The Morgan fingerprint density at radius 1 is 0.689 bits per heavy atom. The predicted octanol–water partition coefficient (Wildman–Crippen LogP) is 10.3. The van der Waals surface area contributed by atoms with Crippen LogP contribution in [0.2, 0.25) is 0 Å². The Kier molecular flexibility index (Phi) is 8.44. The molecule has 0 aliphatic rings. The normalized spacial score (nSPS) is 11.4. The predicted molar refractivity (Wildman–Crippen MR) is 181 cm³/mol. The van der Waals surface area contributed by atoms with E-state index in [1.54, 1.807) is 6.07 Å². The maximum absolute atomic E-state index is 11.1. The molecule has 2 heterocycles. The average Bonchev–Trinajstić information content (AvgIpc) is 3.44. The Balaban J connectivity index is 0.00000357. The summed E-state index contributed by atoms with van der Waals surface area (Å²) in [5.74, 6) is 1.61. The molecule has 4 nitrogen and oxygen atoms in total. The molecule has 0 spiro atoms. The van der Waals surface area contributed by atoms with Gasteiger partial charge in [-0.3, -0.25) is 9.55 Å². The van der Waals surface area contributed by atoms with Crippen molar-refractivity contribution in [3.05, 3.63) is 132 Å². The minimum atomic E-state index is 0. The first kappa shape index (κ1) is 30.5. The van der Waals surface area contributed by atoms with Crippen LogP contribution in [0.15, 0.2) is 115 Å². The molecule has 5 aromatic carbocycles. The summed E-state index contributed by atoms with van der Waals surface area (Å²) in [5.41, 5.74) is 9.66.